The van der Waals surface area contributed by atoms with Crippen molar-refractivity contribution in [3.63, 3.8) is 0 Å². The molecule has 14 heteroatoms. The van der Waals surface area contributed by atoms with Gasteiger partial charge < -0.3 is 37.6 Å². The summed E-state index contributed by atoms with van der Waals surface area (Å²) in [6.45, 7) is 7.33. The minimum Gasteiger partial charge on any atom is -0.469 e. The molecule has 0 N–H and O–H groups in total. The Morgan fingerprint density at radius 3 is 2.00 bits per heavy atom. The average Bonchev–Trinajstić information content (AvgIpc) is 2.87. The van der Waals surface area contributed by atoms with Crippen LogP contribution in [-0.4, -0.2) is 74.3 Å². The van der Waals surface area contributed by atoms with Gasteiger partial charge in [0.1, 0.15) is 24.0 Å². The second kappa shape index (κ2) is 13.5. The predicted molar refractivity (Wildman–Crippen MR) is 140 cm³/mol. The van der Waals surface area contributed by atoms with Crippen LogP contribution in [-0.2, 0) is 58.8 Å². The first-order valence-corrected chi connectivity index (χ1v) is 12.8. The molecule has 3 rings (SSSR count). The van der Waals surface area contributed by atoms with E-state index in [0.717, 1.165) is 27.7 Å². The number of fused-ring (bicyclic) bond motifs is 1. The van der Waals surface area contributed by atoms with E-state index in [0.29, 0.717) is 16.5 Å². The van der Waals surface area contributed by atoms with Gasteiger partial charge in [0.05, 0.1) is 24.5 Å². The summed E-state index contributed by atoms with van der Waals surface area (Å²) in [7, 11) is 1.18. The Kier molecular flexibility index (Phi) is 10.3. The molecule has 0 spiro atoms. The minimum absolute atomic E-state index is 0.0320. The number of ether oxygens (including phenoxy) is 7. The van der Waals surface area contributed by atoms with Crippen LogP contribution in [0.1, 0.15) is 44.4 Å². The summed E-state index contributed by atoms with van der Waals surface area (Å²) in [5.74, 6) is -3.62. The van der Waals surface area contributed by atoms with Crippen molar-refractivity contribution in [3.05, 3.63) is 39.2 Å². The van der Waals surface area contributed by atoms with Crippen LogP contribution in [0, 0.1) is 13.8 Å². The summed E-state index contributed by atoms with van der Waals surface area (Å²) in [6, 6.07) is 3.18. The Hall–Kier alpha value is -4.46. The fourth-order valence-corrected chi connectivity index (χ4v) is 4.56. The first-order chi connectivity index (χ1) is 19.7. The third-order valence-corrected chi connectivity index (χ3v) is 6.23. The van der Waals surface area contributed by atoms with E-state index in [9.17, 15) is 28.8 Å². The van der Waals surface area contributed by atoms with E-state index in [1.165, 1.54) is 7.11 Å². The summed E-state index contributed by atoms with van der Waals surface area (Å²) in [5.41, 5.74) is 0.379. The zero-order valence-electron chi connectivity index (χ0n) is 24.2. The highest BCUT2D eigenvalue weighted by molar-refractivity contribution is 5.89. The fraction of sp³-hybridized carbons (Fsp3) is 0.500. The Morgan fingerprint density at radius 2 is 1.43 bits per heavy atom. The van der Waals surface area contributed by atoms with Gasteiger partial charge in [-0.15, -0.1) is 0 Å². The van der Waals surface area contributed by atoms with Crippen molar-refractivity contribution in [3.8, 4) is 5.75 Å². The van der Waals surface area contributed by atoms with Crippen LogP contribution in [0.4, 0.5) is 0 Å². The standard InChI is InChI=1S/C28H32O14/c1-12-8-19-23(13(2)18(27(34)40-19)10-22(33)35-7)20(9-12)41-28-26(39-17(6)32)25(38-16(5)31)24(37-15(4)30)21(42-28)11-36-14(3)29/h8-9,21,24-26,28H,10-11H2,1-7H3/t21-,24-,25+,26-,28-/m1/s1. The molecule has 5 atom stereocenters. The maximum Gasteiger partial charge on any atom is 0.340 e. The summed E-state index contributed by atoms with van der Waals surface area (Å²) >= 11 is 0. The molecule has 1 aromatic carbocycles. The third kappa shape index (κ3) is 7.63. The van der Waals surface area contributed by atoms with Crippen LogP contribution in [0.3, 0.4) is 0 Å². The molecule has 0 bridgehead atoms. The first-order valence-electron chi connectivity index (χ1n) is 12.8. The van der Waals surface area contributed by atoms with E-state index in [1.807, 2.05) is 0 Å². The van der Waals surface area contributed by atoms with Crippen molar-refractivity contribution in [2.24, 2.45) is 0 Å². The van der Waals surface area contributed by atoms with Crippen molar-refractivity contribution < 1.29 is 61.5 Å². The molecule has 2 heterocycles. The smallest absolute Gasteiger partial charge is 0.340 e. The molecule has 2 aromatic rings. The van der Waals surface area contributed by atoms with Gasteiger partial charge in [0.2, 0.25) is 12.4 Å². The number of esters is 5. The minimum atomic E-state index is -1.52. The van der Waals surface area contributed by atoms with E-state index in [1.54, 1.807) is 26.0 Å². The van der Waals surface area contributed by atoms with Gasteiger partial charge in [-0.25, -0.2) is 4.79 Å². The van der Waals surface area contributed by atoms with Crippen molar-refractivity contribution in [1.29, 1.82) is 0 Å². The van der Waals surface area contributed by atoms with E-state index in [-0.39, 0.29) is 23.3 Å². The van der Waals surface area contributed by atoms with E-state index in [4.69, 9.17) is 37.6 Å². The van der Waals surface area contributed by atoms with Crippen LogP contribution < -0.4 is 10.4 Å². The van der Waals surface area contributed by atoms with Crippen LogP contribution in [0.2, 0.25) is 0 Å². The largest absolute Gasteiger partial charge is 0.469 e. The Balaban J connectivity index is 2.18. The highest BCUT2D eigenvalue weighted by atomic mass is 16.7. The lowest BCUT2D eigenvalue weighted by Gasteiger charge is -2.44. The highest BCUT2D eigenvalue weighted by Gasteiger charge is 2.53. The molecule has 1 fully saturated rings. The number of benzene rings is 1. The number of rotatable bonds is 9. The van der Waals surface area contributed by atoms with E-state index >= 15 is 0 Å². The molecular formula is C28H32O14. The molecule has 42 heavy (non-hydrogen) atoms. The maximum absolute atomic E-state index is 12.7. The van der Waals surface area contributed by atoms with Gasteiger partial charge >= 0.3 is 35.5 Å². The quantitative estimate of drug-likeness (QED) is 0.233. The number of hydrogen-bond donors (Lipinski definition) is 0. The number of aryl methyl sites for hydroxylation is 2. The first kappa shape index (κ1) is 32.1. The van der Waals surface area contributed by atoms with Gasteiger partial charge in [-0.2, -0.15) is 0 Å². The predicted octanol–water partition coefficient (Wildman–Crippen LogP) is 1.59. The number of carbonyl (C=O) groups is 5. The average molecular weight is 593 g/mol. The zero-order valence-corrected chi connectivity index (χ0v) is 24.2. The zero-order chi connectivity index (χ0) is 31.3. The molecule has 0 saturated carbocycles. The SMILES string of the molecule is COC(=O)Cc1c(C)c2c(O[C@@H]3O[C@H](COC(C)=O)[C@@H](OC(C)=O)[C@H](OC(C)=O)[C@H]3OC(C)=O)cc(C)cc2oc1=O. The van der Waals surface area contributed by atoms with Gasteiger partial charge in [0.25, 0.3) is 0 Å². The highest BCUT2D eigenvalue weighted by Crippen LogP contribution is 2.36. The van der Waals surface area contributed by atoms with Gasteiger partial charge in [-0.3, -0.25) is 24.0 Å². The molecular weight excluding hydrogens is 560 g/mol. The van der Waals surface area contributed by atoms with Gasteiger partial charge in [0.15, 0.2) is 12.2 Å². The summed E-state index contributed by atoms with van der Waals surface area (Å²) in [6.07, 6.45) is -7.41. The topological polar surface area (TPSA) is 180 Å². The second-order valence-corrected chi connectivity index (χ2v) is 9.57. The van der Waals surface area contributed by atoms with Gasteiger partial charge in [-0.1, -0.05) is 0 Å². The third-order valence-electron chi connectivity index (χ3n) is 6.23. The fourth-order valence-electron chi connectivity index (χ4n) is 4.56. The lowest BCUT2D eigenvalue weighted by atomic mass is 9.97. The van der Waals surface area contributed by atoms with Crippen LogP contribution >= 0.6 is 0 Å². The number of methoxy groups -OCH3 is 1. The molecule has 0 radical (unpaired) electrons. The van der Waals surface area contributed by atoms with Crippen LogP contribution in [0.15, 0.2) is 21.3 Å². The van der Waals surface area contributed by atoms with Crippen molar-refractivity contribution in [1.82, 2.24) is 0 Å². The summed E-state index contributed by atoms with van der Waals surface area (Å²) in [5, 5.41) is 0.298. The van der Waals surface area contributed by atoms with Gasteiger partial charge in [0, 0.05) is 27.7 Å². The summed E-state index contributed by atoms with van der Waals surface area (Å²) in [4.78, 5) is 72.5. The summed E-state index contributed by atoms with van der Waals surface area (Å²) < 4.78 is 43.8. The molecule has 228 valence electrons. The molecule has 14 nitrogen and oxygen atoms in total. The van der Waals surface area contributed by atoms with E-state index in [2.05, 4.69) is 0 Å². The Morgan fingerprint density at radius 1 is 0.833 bits per heavy atom. The molecule has 0 amide bonds. The molecule has 0 unspecified atom stereocenters. The maximum atomic E-state index is 12.7. The van der Waals surface area contributed by atoms with Crippen LogP contribution in [0.5, 0.6) is 5.75 Å². The van der Waals surface area contributed by atoms with Crippen molar-refractivity contribution in [2.75, 3.05) is 13.7 Å². The Bertz CT molecular complexity index is 1440. The monoisotopic (exact) mass is 592 g/mol. The number of carbonyl (C=O) groups excluding carboxylic acids is 5. The normalized spacial score (nSPS) is 21.6. The van der Waals surface area contributed by atoms with Crippen molar-refractivity contribution >= 4 is 40.8 Å². The van der Waals surface area contributed by atoms with Gasteiger partial charge in [-0.05, 0) is 37.1 Å². The van der Waals surface area contributed by atoms with Crippen molar-refractivity contribution in [2.45, 2.75) is 78.7 Å². The number of hydrogen-bond acceptors (Lipinski definition) is 14. The van der Waals surface area contributed by atoms with Crippen LogP contribution in [0.25, 0.3) is 11.0 Å². The molecule has 0 aliphatic carbocycles. The molecule has 1 aliphatic heterocycles. The molecule has 1 aliphatic rings. The molecule has 1 aromatic heterocycles. The molecule has 1 saturated heterocycles. The lowest BCUT2D eigenvalue weighted by Crippen LogP contribution is -2.63. The Labute approximate surface area is 240 Å². The van der Waals surface area contributed by atoms with E-state index < -0.39 is 72.8 Å². The lowest BCUT2D eigenvalue weighted by molar-refractivity contribution is -0.288. The second-order valence-electron chi connectivity index (χ2n) is 9.57.